The Kier molecular flexibility index (Phi) is 1.97. The van der Waals surface area contributed by atoms with Gasteiger partial charge in [-0.1, -0.05) is 26.2 Å². The van der Waals surface area contributed by atoms with Crippen molar-refractivity contribution in [1.29, 1.82) is 0 Å². The maximum absolute atomic E-state index is 10.8. The van der Waals surface area contributed by atoms with E-state index in [0.29, 0.717) is 0 Å². The Morgan fingerprint density at radius 2 is 2.21 bits per heavy atom. The number of ketones is 1. The van der Waals surface area contributed by atoms with Gasteiger partial charge in [-0.05, 0) is 18.8 Å². The van der Waals surface area contributed by atoms with Gasteiger partial charge in [0.2, 0.25) is 5.78 Å². The van der Waals surface area contributed by atoms with Gasteiger partial charge in [0.25, 0.3) is 0 Å². The van der Waals surface area contributed by atoms with Crippen LogP contribution in [0.15, 0.2) is 0 Å². The lowest BCUT2D eigenvalue weighted by molar-refractivity contribution is -0.111. The Morgan fingerprint density at radius 3 is 2.79 bits per heavy atom. The number of epoxide rings is 1. The highest BCUT2D eigenvalue weighted by molar-refractivity contribution is 5.93. The summed E-state index contributed by atoms with van der Waals surface area (Å²) in [6.45, 7) is 5.86. The highest BCUT2D eigenvalue weighted by Crippen LogP contribution is 2.57. The Morgan fingerprint density at radius 1 is 1.50 bits per heavy atom. The van der Waals surface area contributed by atoms with Crippen LogP contribution < -0.4 is 0 Å². The van der Waals surface area contributed by atoms with Crippen molar-refractivity contribution in [3.05, 3.63) is 0 Å². The summed E-state index contributed by atoms with van der Waals surface area (Å²) in [5.41, 5.74) is -0.213. The standard InChI is InChI=1S/C12H16O2/c1-9(13)6-8-12-10(14-12)5-4-7-11(12,2)3/h10H,4-5,7H2,1-3H3. The Hall–Kier alpha value is -0.810. The normalized spacial score (nSPS) is 37.8. The zero-order valence-electron chi connectivity index (χ0n) is 9.02. The maximum atomic E-state index is 10.8. The first kappa shape index (κ1) is 9.73. The zero-order valence-corrected chi connectivity index (χ0v) is 9.02. The summed E-state index contributed by atoms with van der Waals surface area (Å²) in [7, 11) is 0. The summed E-state index contributed by atoms with van der Waals surface area (Å²) in [6, 6.07) is 0. The number of carbonyl (C=O) groups excluding carboxylic acids is 1. The molecule has 0 bridgehead atoms. The molecule has 1 saturated carbocycles. The predicted molar refractivity (Wildman–Crippen MR) is 53.7 cm³/mol. The Bertz CT molecular complexity index is 332. The molecule has 1 aliphatic heterocycles. The summed E-state index contributed by atoms with van der Waals surface area (Å²) < 4.78 is 5.71. The molecular weight excluding hydrogens is 176 g/mol. The fourth-order valence-corrected chi connectivity index (χ4v) is 2.42. The van der Waals surface area contributed by atoms with Gasteiger partial charge in [0.1, 0.15) is 6.10 Å². The average molecular weight is 192 g/mol. The molecule has 0 radical (unpaired) electrons. The van der Waals surface area contributed by atoms with E-state index < -0.39 is 0 Å². The minimum absolute atomic E-state index is 0.0741. The number of ether oxygens (including phenoxy) is 1. The molecule has 0 aromatic heterocycles. The first-order valence-electron chi connectivity index (χ1n) is 5.19. The molecule has 1 saturated heterocycles. The number of rotatable bonds is 0. The third-order valence-electron chi connectivity index (χ3n) is 3.42. The molecule has 2 aliphatic rings. The van der Waals surface area contributed by atoms with E-state index in [1.807, 2.05) is 0 Å². The highest BCUT2D eigenvalue weighted by atomic mass is 16.6. The van der Waals surface area contributed by atoms with Crippen molar-refractivity contribution in [2.45, 2.75) is 51.7 Å². The second-order valence-electron chi connectivity index (χ2n) is 4.92. The molecule has 2 fully saturated rings. The number of hydrogen-bond acceptors (Lipinski definition) is 2. The molecule has 1 heterocycles. The van der Waals surface area contributed by atoms with Crippen LogP contribution in [0.4, 0.5) is 0 Å². The SMILES string of the molecule is CC(=O)C#CC12OC1CCCC2(C)C. The summed E-state index contributed by atoms with van der Waals surface area (Å²) in [6.07, 6.45) is 3.71. The van der Waals surface area contributed by atoms with Crippen LogP contribution in [-0.4, -0.2) is 17.5 Å². The molecule has 2 heteroatoms. The predicted octanol–water partition coefficient (Wildman–Crippen LogP) is 1.93. The Labute approximate surface area is 85.0 Å². The fourth-order valence-electron chi connectivity index (χ4n) is 2.42. The van der Waals surface area contributed by atoms with Gasteiger partial charge < -0.3 is 4.74 Å². The van der Waals surface area contributed by atoms with Crippen molar-refractivity contribution in [3.8, 4) is 11.8 Å². The van der Waals surface area contributed by atoms with Gasteiger partial charge in [0.15, 0.2) is 5.60 Å². The summed E-state index contributed by atoms with van der Waals surface area (Å²) in [5.74, 6) is 5.61. The van der Waals surface area contributed by atoms with Crippen LogP contribution in [-0.2, 0) is 9.53 Å². The summed E-state index contributed by atoms with van der Waals surface area (Å²) in [4.78, 5) is 10.8. The average Bonchev–Trinajstić information content (AvgIpc) is 2.77. The van der Waals surface area contributed by atoms with Gasteiger partial charge in [-0.15, -0.1) is 0 Å². The molecule has 2 rings (SSSR count). The monoisotopic (exact) mass is 192 g/mol. The van der Waals surface area contributed by atoms with Crippen molar-refractivity contribution in [2.24, 2.45) is 5.41 Å². The third-order valence-corrected chi connectivity index (χ3v) is 3.42. The smallest absolute Gasteiger partial charge is 0.202 e. The minimum Gasteiger partial charge on any atom is -0.352 e. The van der Waals surface area contributed by atoms with Gasteiger partial charge >= 0.3 is 0 Å². The number of carbonyl (C=O) groups is 1. The largest absolute Gasteiger partial charge is 0.352 e. The van der Waals surface area contributed by atoms with Crippen LogP contribution in [0.3, 0.4) is 0 Å². The van der Waals surface area contributed by atoms with Crippen LogP contribution in [0.2, 0.25) is 0 Å². The molecule has 14 heavy (non-hydrogen) atoms. The van der Waals surface area contributed by atoms with E-state index in [4.69, 9.17) is 4.74 Å². The van der Waals surface area contributed by atoms with Crippen LogP contribution >= 0.6 is 0 Å². The quantitative estimate of drug-likeness (QED) is 0.333. The van der Waals surface area contributed by atoms with E-state index in [0.717, 1.165) is 12.8 Å². The van der Waals surface area contributed by atoms with Crippen molar-refractivity contribution < 1.29 is 9.53 Å². The minimum atomic E-state index is -0.309. The molecule has 0 spiro atoms. The highest BCUT2D eigenvalue weighted by Gasteiger charge is 2.66. The van der Waals surface area contributed by atoms with Crippen LogP contribution in [0.25, 0.3) is 0 Å². The van der Waals surface area contributed by atoms with Crippen molar-refractivity contribution in [2.75, 3.05) is 0 Å². The Balaban J connectivity index is 2.25. The van der Waals surface area contributed by atoms with Gasteiger partial charge in [-0.3, -0.25) is 4.79 Å². The lowest BCUT2D eigenvalue weighted by Gasteiger charge is -2.32. The third kappa shape index (κ3) is 1.27. The fraction of sp³-hybridized carbons (Fsp3) is 0.750. The van der Waals surface area contributed by atoms with Crippen molar-refractivity contribution >= 4 is 5.78 Å². The van der Waals surface area contributed by atoms with Gasteiger partial charge in [0, 0.05) is 12.3 Å². The second-order valence-corrected chi connectivity index (χ2v) is 4.92. The molecule has 0 aromatic rings. The molecule has 2 unspecified atom stereocenters. The molecule has 1 aliphatic carbocycles. The molecule has 0 aromatic carbocycles. The molecule has 2 atom stereocenters. The van der Waals surface area contributed by atoms with E-state index in [2.05, 4.69) is 25.7 Å². The van der Waals surface area contributed by atoms with Crippen LogP contribution in [0.5, 0.6) is 0 Å². The molecular formula is C12H16O2. The molecule has 0 N–H and O–H groups in total. The lowest BCUT2D eigenvalue weighted by Crippen LogP contribution is -2.37. The van der Waals surface area contributed by atoms with E-state index in [1.165, 1.54) is 13.3 Å². The van der Waals surface area contributed by atoms with E-state index in [-0.39, 0.29) is 22.9 Å². The zero-order chi connectivity index (χ0) is 10.4. The second kappa shape index (κ2) is 2.84. The van der Waals surface area contributed by atoms with E-state index in [1.54, 1.807) is 0 Å². The topological polar surface area (TPSA) is 29.6 Å². The van der Waals surface area contributed by atoms with Crippen LogP contribution in [0, 0.1) is 17.3 Å². The van der Waals surface area contributed by atoms with Gasteiger partial charge in [-0.2, -0.15) is 0 Å². The van der Waals surface area contributed by atoms with Crippen LogP contribution in [0.1, 0.15) is 40.0 Å². The molecule has 76 valence electrons. The molecule has 0 amide bonds. The van der Waals surface area contributed by atoms with Gasteiger partial charge in [0.05, 0.1) is 0 Å². The van der Waals surface area contributed by atoms with Crippen molar-refractivity contribution in [1.82, 2.24) is 0 Å². The lowest BCUT2D eigenvalue weighted by atomic mass is 9.69. The maximum Gasteiger partial charge on any atom is 0.202 e. The first-order valence-corrected chi connectivity index (χ1v) is 5.19. The summed E-state index contributed by atoms with van der Waals surface area (Å²) >= 11 is 0. The number of fused-ring (bicyclic) bond motifs is 1. The number of Topliss-reactive ketones (excluding diaryl/α,β-unsaturated/α-hetero) is 1. The van der Waals surface area contributed by atoms with E-state index in [9.17, 15) is 4.79 Å². The molecule has 2 nitrogen and oxygen atoms in total. The number of hydrogen-bond donors (Lipinski definition) is 0. The van der Waals surface area contributed by atoms with Gasteiger partial charge in [-0.25, -0.2) is 0 Å². The van der Waals surface area contributed by atoms with E-state index >= 15 is 0 Å². The first-order chi connectivity index (χ1) is 6.48. The summed E-state index contributed by atoms with van der Waals surface area (Å²) in [5, 5.41) is 0. The van der Waals surface area contributed by atoms with Crippen molar-refractivity contribution in [3.63, 3.8) is 0 Å².